The Labute approximate surface area is 195 Å². The minimum atomic E-state index is -5.83. The number of carboxylic acid groups (broad SMARTS) is 1. The largest absolute Gasteiger partial charge is 0.476 e. The van der Waals surface area contributed by atoms with E-state index in [0.29, 0.717) is 48.8 Å². The number of halogens is 2. The van der Waals surface area contributed by atoms with Gasteiger partial charge < -0.3 is 14.4 Å². The molecule has 5 aliphatic rings. The van der Waals surface area contributed by atoms with Gasteiger partial charge in [0.1, 0.15) is 0 Å². The van der Waals surface area contributed by atoms with Crippen molar-refractivity contribution in [2.24, 2.45) is 11.8 Å². The maximum atomic E-state index is 14.2. The minimum Gasteiger partial charge on any atom is -0.476 e. The zero-order valence-electron chi connectivity index (χ0n) is 18.3. The molecule has 5 aliphatic carbocycles. The molecule has 4 saturated carbocycles. The Kier molecular flexibility index (Phi) is 4.39. The maximum absolute atomic E-state index is 14.2. The van der Waals surface area contributed by atoms with Gasteiger partial charge in [-0.05, 0) is 67.1 Å². The fourth-order valence-corrected chi connectivity index (χ4v) is 8.22. The maximum Gasteiger partial charge on any atom is 0.476 e. The van der Waals surface area contributed by atoms with Crippen molar-refractivity contribution in [2.45, 2.75) is 61.2 Å². The SMILES string of the molecule is O=C(O)C(F)(F)S(=O)(=O)Oc1c(C23CC4CC(CC(O)(C4)C2)C3)ccc2c1Cc1ccccc1-2. The van der Waals surface area contributed by atoms with Gasteiger partial charge in [0, 0.05) is 23.0 Å². The molecule has 0 amide bonds. The molecule has 0 aromatic heterocycles. The Morgan fingerprint density at radius 3 is 2.35 bits per heavy atom. The molecule has 9 heteroatoms. The van der Waals surface area contributed by atoms with Crippen LogP contribution in [0.1, 0.15) is 55.2 Å². The zero-order valence-corrected chi connectivity index (χ0v) is 19.1. The summed E-state index contributed by atoms with van der Waals surface area (Å²) in [7, 11) is -5.83. The summed E-state index contributed by atoms with van der Waals surface area (Å²) >= 11 is 0. The molecule has 4 fully saturated rings. The van der Waals surface area contributed by atoms with Gasteiger partial charge in [-0.15, -0.1) is 0 Å². The standard InChI is InChI=1S/C25H24F2O6S/c26-25(27,22(28)29)34(31,32)33-21-19-8-16-3-1-2-4-17(16)18(19)5-6-20(21)23-9-14-7-15(10-23)12-24(30,11-14)13-23/h1-6,14-15,30H,7-13H2,(H,28,29). The molecule has 7 rings (SSSR count). The molecule has 180 valence electrons. The van der Waals surface area contributed by atoms with Crippen molar-refractivity contribution in [3.63, 3.8) is 0 Å². The molecule has 0 saturated heterocycles. The molecule has 6 nitrogen and oxygen atoms in total. The third-order valence-corrected chi connectivity index (χ3v) is 9.48. The molecular formula is C25H24F2O6S. The van der Waals surface area contributed by atoms with Gasteiger partial charge >= 0.3 is 21.3 Å². The van der Waals surface area contributed by atoms with Gasteiger partial charge in [-0.2, -0.15) is 17.2 Å². The van der Waals surface area contributed by atoms with E-state index in [1.807, 2.05) is 30.3 Å². The van der Waals surface area contributed by atoms with Crippen LogP contribution in [0.25, 0.3) is 11.1 Å². The number of hydrogen-bond donors (Lipinski definition) is 2. The van der Waals surface area contributed by atoms with E-state index >= 15 is 0 Å². The Balaban J connectivity index is 1.54. The normalized spacial score (nSPS) is 31.3. The number of carboxylic acids is 1. The molecule has 2 N–H and O–H groups in total. The summed E-state index contributed by atoms with van der Waals surface area (Å²) in [5.74, 6) is -2.45. The number of fused-ring (bicyclic) bond motifs is 3. The first-order valence-corrected chi connectivity index (χ1v) is 12.9. The van der Waals surface area contributed by atoms with Crippen molar-refractivity contribution in [3.05, 3.63) is 53.1 Å². The van der Waals surface area contributed by atoms with Crippen LogP contribution in [0.15, 0.2) is 36.4 Å². The lowest BCUT2D eigenvalue weighted by atomic mass is 9.46. The van der Waals surface area contributed by atoms with Crippen LogP contribution < -0.4 is 4.18 Å². The highest BCUT2D eigenvalue weighted by molar-refractivity contribution is 7.89. The van der Waals surface area contributed by atoms with Crippen LogP contribution in [0.3, 0.4) is 0 Å². The van der Waals surface area contributed by atoms with Gasteiger partial charge in [0.25, 0.3) is 0 Å². The summed E-state index contributed by atoms with van der Waals surface area (Å²) in [6.45, 7) is 0. The first kappa shape index (κ1) is 22.0. The number of alkyl halides is 2. The van der Waals surface area contributed by atoms with E-state index in [2.05, 4.69) is 0 Å². The zero-order chi connectivity index (χ0) is 24.1. The number of aliphatic carboxylic acids is 1. The van der Waals surface area contributed by atoms with Gasteiger partial charge in [0.05, 0.1) is 5.60 Å². The monoisotopic (exact) mass is 490 g/mol. The highest BCUT2D eigenvalue weighted by Gasteiger charge is 2.60. The van der Waals surface area contributed by atoms with Crippen molar-refractivity contribution in [1.82, 2.24) is 0 Å². The van der Waals surface area contributed by atoms with Crippen LogP contribution in [0.4, 0.5) is 8.78 Å². The summed E-state index contributed by atoms with van der Waals surface area (Å²) in [6.07, 6.45) is 4.49. The smallest absolute Gasteiger partial charge is 0.476 e. The number of rotatable bonds is 5. The van der Waals surface area contributed by atoms with Crippen molar-refractivity contribution < 1.29 is 36.4 Å². The number of hydrogen-bond acceptors (Lipinski definition) is 5. The average molecular weight is 491 g/mol. The van der Waals surface area contributed by atoms with Crippen molar-refractivity contribution in [3.8, 4) is 16.9 Å². The first-order valence-electron chi connectivity index (χ1n) is 11.5. The molecule has 0 heterocycles. The lowest BCUT2D eigenvalue weighted by Crippen LogP contribution is -2.57. The fraction of sp³-hybridized carbons (Fsp3) is 0.480. The molecule has 2 atom stereocenters. The van der Waals surface area contributed by atoms with Crippen LogP contribution in [0.2, 0.25) is 0 Å². The summed E-state index contributed by atoms with van der Waals surface area (Å²) in [5, 5.41) is 15.0. The van der Waals surface area contributed by atoms with Crippen molar-refractivity contribution in [1.29, 1.82) is 0 Å². The molecular weight excluding hydrogens is 466 g/mol. The van der Waals surface area contributed by atoms with E-state index in [1.165, 1.54) is 0 Å². The van der Waals surface area contributed by atoms with E-state index in [9.17, 15) is 27.1 Å². The topological polar surface area (TPSA) is 101 Å². The average Bonchev–Trinajstić information content (AvgIpc) is 3.11. The third kappa shape index (κ3) is 2.99. The second-order valence-electron chi connectivity index (χ2n) is 10.6. The highest BCUT2D eigenvalue weighted by Crippen LogP contribution is 2.64. The fourth-order valence-electron chi connectivity index (χ4n) is 7.49. The number of carbonyl (C=O) groups is 1. The molecule has 2 aromatic rings. The molecule has 2 unspecified atom stereocenters. The second kappa shape index (κ2) is 6.79. The van der Waals surface area contributed by atoms with E-state index in [0.717, 1.165) is 17.5 Å². The minimum absolute atomic E-state index is 0.194. The van der Waals surface area contributed by atoms with E-state index < -0.39 is 32.4 Å². The van der Waals surface area contributed by atoms with E-state index in [1.54, 1.807) is 6.07 Å². The van der Waals surface area contributed by atoms with Crippen LogP contribution in [-0.2, 0) is 26.7 Å². The van der Waals surface area contributed by atoms with Crippen LogP contribution >= 0.6 is 0 Å². The lowest BCUT2D eigenvalue weighted by molar-refractivity contribution is -0.154. The molecule has 0 spiro atoms. The van der Waals surface area contributed by atoms with E-state index in [4.69, 9.17) is 9.29 Å². The van der Waals surface area contributed by atoms with E-state index in [-0.39, 0.29) is 24.0 Å². The van der Waals surface area contributed by atoms with Gasteiger partial charge in [0.15, 0.2) is 5.75 Å². The molecule has 0 radical (unpaired) electrons. The van der Waals surface area contributed by atoms with Crippen molar-refractivity contribution >= 4 is 16.1 Å². The Morgan fingerprint density at radius 2 is 1.71 bits per heavy atom. The highest BCUT2D eigenvalue weighted by atomic mass is 32.2. The van der Waals surface area contributed by atoms with Gasteiger partial charge in [0.2, 0.25) is 0 Å². The second-order valence-corrected chi connectivity index (χ2v) is 12.2. The number of benzene rings is 2. The molecule has 34 heavy (non-hydrogen) atoms. The predicted molar refractivity (Wildman–Crippen MR) is 118 cm³/mol. The summed E-state index contributed by atoms with van der Waals surface area (Å²) in [6, 6.07) is 11.0. The third-order valence-electron chi connectivity index (χ3n) is 8.29. The molecule has 0 aliphatic heterocycles. The van der Waals surface area contributed by atoms with Gasteiger partial charge in [-0.3, -0.25) is 0 Å². The van der Waals surface area contributed by atoms with Crippen LogP contribution in [0.5, 0.6) is 5.75 Å². The Morgan fingerprint density at radius 1 is 1.03 bits per heavy atom. The molecule has 2 aromatic carbocycles. The van der Waals surface area contributed by atoms with Gasteiger partial charge in [-0.1, -0.05) is 36.4 Å². The number of aliphatic hydroxyl groups is 1. The lowest BCUT2D eigenvalue weighted by Gasteiger charge is -2.60. The van der Waals surface area contributed by atoms with Gasteiger partial charge in [-0.25, -0.2) is 4.79 Å². The Bertz CT molecular complexity index is 1320. The summed E-state index contributed by atoms with van der Waals surface area (Å²) in [5.41, 5.74) is 1.93. The first-order chi connectivity index (χ1) is 15.9. The van der Waals surface area contributed by atoms with Crippen molar-refractivity contribution in [2.75, 3.05) is 0 Å². The quantitative estimate of drug-likeness (QED) is 0.520. The Hall–Kier alpha value is -2.52. The van der Waals surface area contributed by atoms with Crippen LogP contribution in [0, 0.1) is 11.8 Å². The predicted octanol–water partition coefficient (Wildman–Crippen LogP) is 4.23. The molecule has 4 bridgehead atoms. The summed E-state index contributed by atoms with van der Waals surface area (Å²) in [4.78, 5) is 11.1. The van der Waals surface area contributed by atoms with Crippen LogP contribution in [-0.4, -0.2) is 35.5 Å². The summed E-state index contributed by atoms with van der Waals surface area (Å²) < 4.78 is 58.7.